The molecule has 0 atom stereocenters. The first-order chi connectivity index (χ1) is 11.7. The minimum atomic E-state index is 0.0406. The summed E-state index contributed by atoms with van der Waals surface area (Å²) < 4.78 is 6.47. The maximum Gasteiger partial charge on any atom is 0.226 e. The van der Waals surface area contributed by atoms with E-state index in [0.717, 1.165) is 34.2 Å². The number of aromatic nitrogens is 1. The second-order valence-electron chi connectivity index (χ2n) is 5.70. The standard InChI is InChI=1S/C17H17N3O2S2/c1-22-13-5-2-6-14-15(13)19-17(24-14)20-9-11(10-20)16(21)18-8-12-4-3-7-23-12/h2-7,11H,8-10H2,1H3,(H,18,21). The number of anilines is 1. The summed E-state index contributed by atoms with van der Waals surface area (Å²) in [4.78, 5) is 20.2. The Kier molecular flexibility index (Phi) is 4.12. The number of nitrogens with zero attached hydrogens (tertiary/aromatic N) is 2. The van der Waals surface area contributed by atoms with Crippen molar-refractivity contribution in [3.8, 4) is 5.75 Å². The Labute approximate surface area is 147 Å². The first-order valence-electron chi connectivity index (χ1n) is 7.73. The molecule has 0 spiro atoms. The normalized spacial score (nSPS) is 14.6. The van der Waals surface area contributed by atoms with Gasteiger partial charge in [0, 0.05) is 18.0 Å². The molecule has 1 N–H and O–H groups in total. The van der Waals surface area contributed by atoms with Gasteiger partial charge in [0.25, 0.3) is 0 Å². The maximum atomic E-state index is 12.2. The molecule has 3 aromatic rings. The zero-order valence-electron chi connectivity index (χ0n) is 13.2. The molecular formula is C17H17N3O2S2. The summed E-state index contributed by atoms with van der Waals surface area (Å²) in [6.07, 6.45) is 0. The second-order valence-corrected chi connectivity index (χ2v) is 7.74. The summed E-state index contributed by atoms with van der Waals surface area (Å²) in [6, 6.07) is 9.97. The van der Waals surface area contributed by atoms with E-state index in [0.29, 0.717) is 6.54 Å². The third kappa shape index (κ3) is 2.85. The van der Waals surface area contributed by atoms with Gasteiger partial charge in [-0.25, -0.2) is 4.98 Å². The molecule has 1 fully saturated rings. The molecule has 0 saturated carbocycles. The number of carbonyl (C=O) groups is 1. The Balaban J connectivity index is 1.37. The summed E-state index contributed by atoms with van der Waals surface area (Å²) in [5, 5.41) is 5.99. The number of benzene rings is 1. The highest BCUT2D eigenvalue weighted by Gasteiger charge is 2.34. The van der Waals surface area contributed by atoms with Crippen LogP contribution in [0.5, 0.6) is 5.75 Å². The fourth-order valence-corrected chi connectivity index (χ4v) is 4.39. The molecule has 1 amide bonds. The molecule has 0 radical (unpaired) electrons. The molecule has 0 unspecified atom stereocenters. The summed E-state index contributed by atoms with van der Waals surface area (Å²) in [5.74, 6) is 0.956. The largest absolute Gasteiger partial charge is 0.494 e. The summed E-state index contributed by atoms with van der Waals surface area (Å²) >= 11 is 3.30. The molecule has 0 bridgehead atoms. The number of nitrogens with one attached hydrogen (secondary N) is 1. The number of carbonyl (C=O) groups excluding carboxylic acids is 1. The molecule has 1 aromatic carbocycles. The van der Waals surface area contributed by atoms with Crippen molar-refractivity contribution in [2.24, 2.45) is 5.92 Å². The van der Waals surface area contributed by atoms with Gasteiger partial charge >= 0.3 is 0 Å². The molecule has 4 rings (SSSR count). The van der Waals surface area contributed by atoms with E-state index in [1.807, 2.05) is 35.7 Å². The van der Waals surface area contributed by atoms with Crippen LogP contribution < -0.4 is 15.0 Å². The number of ether oxygens (including phenoxy) is 1. The number of thiophene rings is 1. The van der Waals surface area contributed by atoms with Crippen LogP contribution in [0.15, 0.2) is 35.7 Å². The van der Waals surface area contributed by atoms with Gasteiger partial charge in [-0.3, -0.25) is 4.79 Å². The average molecular weight is 359 g/mol. The van der Waals surface area contributed by atoms with Gasteiger partial charge in [-0.05, 0) is 23.6 Å². The van der Waals surface area contributed by atoms with Gasteiger partial charge in [-0.1, -0.05) is 23.5 Å². The lowest BCUT2D eigenvalue weighted by molar-refractivity contribution is -0.125. The lowest BCUT2D eigenvalue weighted by atomic mass is 10.0. The number of thiazole rings is 1. The predicted octanol–water partition coefficient (Wildman–Crippen LogP) is 3.12. The quantitative estimate of drug-likeness (QED) is 0.760. The van der Waals surface area contributed by atoms with Crippen molar-refractivity contribution in [3.05, 3.63) is 40.6 Å². The molecule has 3 heterocycles. The smallest absolute Gasteiger partial charge is 0.226 e. The van der Waals surface area contributed by atoms with Crippen LogP contribution in [-0.4, -0.2) is 31.1 Å². The van der Waals surface area contributed by atoms with E-state index >= 15 is 0 Å². The first-order valence-corrected chi connectivity index (χ1v) is 9.43. The number of fused-ring (bicyclic) bond motifs is 1. The van der Waals surface area contributed by atoms with Crippen molar-refractivity contribution in [1.82, 2.24) is 10.3 Å². The van der Waals surface area contributed by atoms with Crippen LogP contribution >= 0.6 is 22.7 Å². The third-order valence-corrected chi connectivity index (χ3v) is 6.09. The molecule has 1 aliphatic heterocycles. The minimum absolute atomic E-state index is 0.0406. The molecule has 24 heavy (non-hydrogen) atoms. The van der Waals surface area contributed by atoms with E-state index in [-0.39, 0.29) is 11.8 Å². The Morgan fingerprint density at radius 3 is 3.00 bits per heavy atom. The number of hydrogen-bond acceptors (Lipinski definition) is 6. The van der Waals surface area contributed by atoms with Crippen molar-refractivity contribution in [2.45, 2.75) is 6.54 Å². The number of rotatable bonds is 5. The van der Waals surface area contributed by atoms with Crippen LogP contribution in [0.1, 0.15) is 4.88 Å². The average Bonchev–Trinajstić information content (AvgIpc) is 3.20. The summed E-state index contributed by atoms with van der Waals surface area (Å²) in [7, 11) is 1.66. The monoisotopic (exact) mass is 359 g/mol. The van der Waals surface area contributed by atoms with Gasteiger partial charge in [0.1, 0.15) is 11.3 Å². The van der Waals surface area contributed by atoms with Gasteiger partial charge in [0.05, 0.1) is 24.3 Å². The number of amides is 1. The fourth-order valence-electron chi connectivity index (χ4n) is 2.74. The van der Waals surface area contributed by atoms with Gasteiger partial charge in [-0.15, -0.1) is 11.3 Å². The number of hydrogen-bond donors (Lipinski definition) is 1. The van der Waals surface area contributed by atoms with E-state index in [4.69, 9.17) is 4.74 Å². The minimum Gasteiger partial charge on any atom is -0.494 e. The second kappa shape index (κ2) is 6.41. The van der Waals surface area contributed by atoms with Crippen molar-refractivity contribution in [1.29, 1.82) is 0 Å². The van der Waals surface area contributed by atoms with E-state index in [9.17, 15) is 4.79 Å². The van der Waals surface area contributed by atoms with E-state index in [2.05, 4.69) is 15.2 Å². The predicted molar refractivity (Wildman–Crippen MR) is 98.0 cm³/mol. The summed E-state index contributed by atoms with van der Waals surface area (Å²) in [5.41, 5.74) is 0.894. The fraction of sp³-hybridized carbons (Fsp3) is 0.294. The molecule has 0 aliphatic carbocycles. The summed E-state index contributed by atoms with van der Waals surface area (Å²) in [6.45, 7) is 2.06. The van der Waals surface area contributed by atoms with Crippen LogP contribution in [0, 0.1) is 5.92 Å². The van der Waals surface area contributed by atoms with E-state index in [1.165, 1.54) is 4.88 Å². The van der Waals surface area contributed by atoms with Crippen LogP contribution in [-0.2, 0) is 11.3 Å². The third-order valence-electron chi connectivity index (χ3n) is 4.13. The lowest BCUT2D eigenvalue weighted by Gasteiger charge is -2.37. The van der Waals surface area contributed by atoms with Crippen molar-refractivity contribution in [2.75, 3.05) is 25.1 Å². The molecule has 1 aliphatic rings. The van der Waals surface area contributed by atoms with E-state index < -0.39 is 0 Å². The molecule has 5 nitrogen and oxygen atoms in total. The van der Waals surface area contributed by atoms with Crippen molar-refractivity contribution in [3.63, 3.8) is 0 Å². The van der Waals surface area contributed by atoms with Crippen molar-refractivity contribution < 1.29 is 9.53 Å². The molecule has 7 heteroatoms. The van der Waals surface area contributed by atoms with Crippen LogP contribution in [0.2, 0.25) is 0 Å². The van der Waals surface area contributed by atoms with Crippen molar-refractivity contribution >= 4 is 43.9 Å². The Hall–Kier alpha value is -2.12. The molecule has 2 aromatic heterocycles. The van der Waals surface area contributed by atoms with Gasteiger partial charge in [-0.2, -0.15) is 0 Å². The Bertz CT molecular complexity index is 854. The van der Waals surface area contributed by atoms with E-state index in [1.54, 1.807) is 29.8 Å². The molecule has 124 valence electrons. The van der Waals surface area contributed by atoms with Crippen LogP contribution in [0.3, 0.4) is 0 Å². The Morgan fingerprint density at radius 2 is 2.25 bits per heavy atom. The van der Waals surface area contributed by atoms with Crippen LogP contribution in [0.4, 0.5) is 5.13 Å². The van der Waals surface area contributed by atoms with Gasteiger partial charge in [0.15, 0.2) is 5.13 Å². The van der Waals surface area contributed by atoms with Crippen LogP contribution in [0.25, 0.3) is 10.2 Å². The highest BCUT2D eigenvalue weighted by molar-refractivity contribution is 7.22. The number of para-hydroxylation sites is 1. The van der Waals surface area contributed by atoms with Gasteiger partial charge < -0.3 is 15.0 Å². The highest BCUT2D eigenvalue weighted by atomic mass is 32.1. The lowest BCUT2D eigenvalue weighted by Crippen LogP contribution is -2.53. The zero-order chi connectivity index (χ0) is 16.5. The topological polar surface area (TPSA) is 54.5 Å². The molecular weight excluding hydrogens is 342 g/mol. The SMILES string of the molecule is COc1cccc2sc(N3CC(C(=O)NCc4cccs4)C3)nc12. The molecule has 1 saturated heterocycles. The maximum absolute atomic E-state index is 12.2. The first kappa shape index (κ1) is 15.4. The van der Waals surface area contributed by atoms with Gasteiger partial charge in [0.2, 0.25) is 5.91 Å². The zero-order valence-corrected chi connectivity index (χ0v) is 14.8. The number of methoxy groups -OCH3 is 1. The highest BCUT2D eigenvalue weighted by Crippen LogP contribution is 2.36. The Morgan fingerprint density at radius 1 is 1.38 bits per heavy atom.